The van der Waals surface area contributed by atoms with E-state index in [-0.39, 0.29) is 19.1 Å². The summed E-state index contributed by atoms with van der Waals surface area (Å²) in [6, 6.07) is 13.9. The molecule has 3 N–H and O–H groups in total. The molecule has 0 bridgehead atoms. The molecule has 0 radical (unpaired) electrons. The highest BCUT2D eigenvalue weighted by Gasteiger charge is 2.37. The molecule has 1 unspecified atom stereocenters. The third-order valence-corrected chi connectivity index (χ3v) is 5.75. The number of alkyl carbamates (subject to hydrolysis) is 1. The van der Waals surface area contributed by atoms with Gasteiger partial charge in [-0.15, -0.1) is 0 Å². The lowest BCUT2D eigenvalue weighted by Crippen LogP contribution is -2.50. The van der Waals surface area contributed by atoms with E-state index in [1.54, 1.807) is 0 Å². The number of fused-ring (bicyclic) bond motifs is 3. The monoisotopic (exact) mass is 492 g/mol. The highest BCUT2D eigenvalue weighted by molar-refractivity contribution is 5.89. The molecule has 0 aliphatic heterocycles. The number of ether oxygens (including phenoxy) is 1. The molecule has 1 atom stereocenters. The summed E-state index contributed by atoms with van der Waals surface area (Å²) in [4.78, 5) is 36.1. The van der Waals surface area contributed by atoms with E-state index in [1.165, 1.54) is 13.8 Å². The Morgan fingerprint density at radius 1 is 1.00 bits per heavy atom. The van der Waals surface area contributed by atoms with Crippen molar-refractivity contribution in [3.63, 3.8) is 0 Å². The minimum Gasteiger partial charge on any atom is -0.481 e. The summed E-state index contributed by atoms with van der Waals surface area (Å²) in [6.45, 7) is 2.26. The van der Waals surface area contributed by atoms with Crippen molar-refractivity contribution >= 4 is 18.0 Å². The standard InChI is InChI=1S/C25H27F3N2O5/c1-24(2,13-25(26,27)28)14-29-22(33)20(11-21(31)32)30-23(34)35-12-19-17-9-5-3-7-15(17)16-8-4-6-10-18(16)19/h3-10,19-20H,11-14H2,1-2H3,(H,29,33)(H,30,34)(H,31,32). The number of halogens is 3. The zero-order valence-electron chi connectivity index (χ0n) is 19.3. The van der Waals surface area contributed by atoms with Crippen LogP contribution >= 0.6 is 0 Å². The summed E-state index contributed by atoms with van der Waals surface area (Å²) in [5, 5.41) is 13.7. The Hall–Kier alpha value is -3.56. The van der Waals surface area contributed by atoms with Crippen LogP contribution in [0, 0.1) is 5.41 Å². The molecule has 2 aromatic carbocycles. The molecule has 7 nitrogen and oxygen atoms in total. The zero-order valence-corrected chi connectivity index (χ0v) is 19.3. The molecular formula is C25H27F3N2O5. The SMILES string of the molecule is CC(C)(CNC(=O)C(CC(=O)O)NC(=O)OCC1c2ccccc2-c2ccccc21)CC(F)(F)F. The van der Waals surface area contributed by atoms with E-state index in [4.69, 9.17) is 9.84 Å². The summed E-state index contributed by atoms with van der Waals surface area (Å²) in [7, 11) is 0. The molecule has 35 heavy (non-hydrogen) atoms. The number of carbonyl (C=O) groups excluding carboxylic acids is 2. The number of carboxylic acids is 1. The molecular weight excluding hydrogens is 465 g/mol. The van der Waals surface area contributed by atoms with Gasteiger partial charge in [0.25, 0.3) is 0 Å². The first-order valence-electron chi connectivity index (χ1n) is 11.0. The Bertz CT molecular complexity index is 1060. The summed E-state index contributed by atoms with van der Waals surface area (Å²) in [6.07, 6.45) is -7.31. The number of benzene rings is 2. The molecule has 2 amide bonds. The molecule has 0 saturated heterocycles. The van der Waals surface area contributed by atoms with Crippen molar-refractivity contribution in [2.75, 3.05) is 13.2 Å². The van der Waals surface area contributed by atoms with Gasteiger partial charge in [0.1, 0.15) is 12.6 Å². The molecule has 0 aromatic heterocycles. The van der Waals surface area contributed by atoms with Gasteiger partial charge in [-0.25, -0.2) is 4.79 Å². The first kappa shape index (κ1) is 26.1. The van der Waals surface area contributed by atoms with Crippen LogP contribution in [0.3, 0.4) is 0 Å². The fourth-order valence-corrected chi connectivity index (χ4v) is 4.22. The second-order valence-electron chi connectivity index (χ2n) is 9.29. The van der Waals surface area contributed by atoms with E-state index in [2.05, 4.69) is 10.6 Å². The van der Waals surface area contributed by atoms with Crippen LogP contribution in [0.1, 0.15) is 43.7 Å². The number of amides is 2. The Labute approximate surface area is 200 Å². The van der Waals surface area contributed by atoms with Crippen LogP contribution in [0.5, 0.6) is 0 Å². The van der Waals surface area contributed by atoms with Crippen LogP contribution in [0.15, 0.2) is 48.5 Å². The summed E-state index contributed by atoms with van der Waals surface area (Å²) in [5.74, 6) is -2.50. The summed E-state index contributed by atoms with van der Waals surface area (Å²) >= 11 is 0. The second-order valence-corrected chi connectivity index (χ2v) is 9.29. The Morgan fingerprint density at radius 2 is 1.54 bits per heavy atom. The number of carbonyl (C=O) groups is 3. The number of hydrogen-bond acceptors (Lipinski definition) is 4. The number of aliphatic carboxylic acids is 1. The lowest BCUT2D eigenvalue weighted by molar-refractivity contribution is -0.155. The van der Waals surface area contributed by atoms with Gasteiger partial charge < -0.3 is 20.5 Å². The zero-order chi connectivity index (χ0) is 25.8. The molecule has 10 heteroatoms. The highest BCUT2D eigenvalue weighted by Crippen LogP contribution is 2.44. The average molecular weight is 492 g/mol. The number of nitrogens with one attached hydrogen (secondary N) is 2. The highest BCUT2D eigenvalue weighted by atomic mass is 19.4. The lowest BCUT2D eigenvalue weighted by Gasteiger charge is -2.27. The van der Waals surface area contributed by atoms with Gasteiger partial charge in [0.15, 0.2) is 0 Å². The van der Waals surface area contributed by atoms with Crippen molar-refractivity contribution in [1.82, 2.24) is 10.6 Å². The summed E-state index contributed by atoms with van der Waals surface area (Å²) < 4.78 is 43.5. The maximum Gasteiger partial charge on any atom is 0.407 e. The Balaban J connectivity index is 1.62. The predicted octanol–water partition coefficient (Wildman–Crippen LogP) is 4.46. The predicted molar refractivity (Wildman–Crippen MR) is 122 cm³/mol. The van der Waals surface area contributed by atoms with Crippen LogP contribution in [0.2, 0.25) is 0 Å². The smallest absolute Gasteiger partial charge is 0.407 e. The van der Waals surface area contributed by atoms with Gasteiger partial charge in [-0.2, -0.15) is 13.2 Å². The van der Waals surface area contributed by atoms with Crippen LogP contribution in [-0.2, 0) is 14.3 Å². The third-order valence-electron chi connectivity index (χ3n) is 5.75. The lowest BCUT2D eigenvalue weighted by atomic mass is 9.89. The number of rotatable bonds is 9. The maximum atomic E-state index is 12.7. The maximum absolute atomic E-state index is 12.7. The van der Waals surface area contributed by atoms with Crippen LogP contribution < -0.4 is 10.6 Å². The Kier molecular flexibility index (Phi) is 7.72. The third kappa shape index (κ3) is 6.97. The van der Waals surface area contributed by atoms with Gasteiger partial charge in [-0.05, 0) is 27.7 Å². The van der Waals surface area contributed by atoms with Gasteiger partial charge in [-0.1, -0.05) is 62.4 Å². The van der Waals surface area contributed by atoms with Crippen LogP contribution in [-0.4, -0.2) is 48.4 Å². The molecule has 0 spiro atoms. The molecule has 1 aliphatic rings. The topological polar surface area (TPSA) is 105 Å². The van der Waals surface area contributed by atoms with Crippen LogP contribution in [0.4, 0.5) is 18.0 Å². The van der Waals surface area contributed by atoms with Crippen molar-refractivity contribution in [1.29, 1.82) is 0 Å². The van der Waals surface area contributed by atoms with E-state index in [0.717, 1.165) is 22.3 Å². The van der Waals surface area contributed by atoms with Crippen molar-refractivity contribution in [3.05, 3.63) is 59.7 Å². The fraction of sp³-hybridized carbons (Fsp3) is 0.400. The summed E-state index contributed by atoms with van der Waals surface area (Å²) in [5.41, 5.74) is 2.70. The molecule has 0 saturated carbocycles. The van der Waals surface area contributed by atoms with Crippen molar-refractivity contribution in [3.8, 4) is 11.1 Å². The Morgan fingerprint density at radius 3 is 2.06 bits per heavy atom. The van der Waals surface area contributed by atoms with E-state index in [9.17, 15) is 27.6 Å². The molecule has 2 aromatic rings. The number of hydrogen-bond donors (Lipinski definition) is 3. The largest absolute Gasteiger partial charge is 0.481 e. The van der Waals surface area contributed by atoms with Crippen LogP contribution in [0.25, 0.3) is 11.1 Å². The van der Waals surface area contributed by atoms with Gasteiger partial charge in [0, 0.05) is 12.5 Å². The molecule has 0 heterocycles. The van der Waals surface area contributed by atoms with Gasteiger partial charge in [0.05, 0.1) is 12.8 Å². The molecule has 0 fully saturated rings. The van der Waals surface area contributed by atoms with E-state index < -0.39 is 48.4 Å². The normalized spacial score (nSPS) is 14.0. The van der Waals surface area contributed by atoms with Gasteiger partial charge in [0.2, 0.25) is 5.91 Å². The van der Waals surface area contributed by atoms with Crippen molar-refractivity contribution in [2.45, 2.75) is 44.8 Å². The second kappa shape index (κ2) is 10.4. The van der Waals surface area contributed by atoms with Crippen molar-refractivity contribution < 1.29 is 37.4 Å². The quantitative estimate of drug-likeness (QED) is 0.479. The molecule has 188 valence electrons. The number of carboxylic acid groups (broad SMARTS) is 1. The minimum atomic E-state index is -4.42. The fourth-order valence-electron chi connectivity index (χ4n) is 4.22. The van der Waals surface area contributed by atoms with Crippen molar-refractivity contribution in [2.24, 2.45) is 5.41 Å². The van der Waals surface area contributed by atoms with E-state index in [1.807, 2.05) is 48.5 Å². The van der Waals surface area contributed by atoms with Gasteiger partial charge >= 0.3 is 18.2 Å². The number of alkyl halides is 3. The first-order valence-corrected chi connectivity index (χ1v) is 11.0. The van der Waals surface area contributed by atoms with Gasteiger partial charge in [-0.3, -0.25) is 9.59 Å². The van der Waals surface area contributed by atoms with E-state index >= 15 is 0 Å². The minimum absolute atomic E-state index is 0.0418. The first-order chi connectivity index (χ1) is 16.4. The molecule has 1 aliphatic carbocycles. The molecule has 3 rings (SSSR count). The van der Waals surface area contributed by atoms with E-state index in [0.29, 0.717) is 0 Å². The average Bonchev–Trinajstić information content (AvgIpc) is 3.07.